The fourth-order valence-corrected chi connectivity index (χ4v) is 4.55. The Morgan fingerprint density at radius 1 is 0.763 bits per heavy atom. The third kappa shape index (κ3) is 7.54. The molecule has 0 fully saturated rings. The van der Waals surface area contributed by atoms with E-state index in [1.165, 1.54) is 6.08 Å². The van der Waals surface area contributed by atoms with Gasteiger partial charge < -0.3 is 16.0 Å². The van der Waals surface area contributed by atoms with Crippen molar-refractivity contribution in [3.63, 3.8) is 0 Å². The van der Waals surface area contributed by atoms with E-state index in [2.05, 4.69) is 29.8 Å². The zero-order valence-electron chi connectivity index (χ0n) is 23.0. The zero-order valence-corrected chi connectivity index (χ0v) is 23.0. The molecule has 3 aromatic rings. The van der Waals surface area contributed by atoms with Crippen LogP contribution in [0.3, 0.4) is 0 Å². The Labute approximate surface area is 225 Å². The van der Waals surface area contributed by atoms with Crippen molar-refractivity contribution in [2.75, 3.05) is 7.05 Å². The van der Waals surface area contributed by atoms with Crippen molar-refractivity contribution in [1.82, 2.24) is 16.0 Å². The second-order valence-corrected chi connectivity index (χ2v) is 10.7. The minimum atomic E-state index is -1.31. The van der Waals surface area contributed by atoms with Crippen LogP contribution in [-0.4, -0.2) is 35.8 Å². The van der Waals surface area contributed by atoms with Crippen LogP contribution in [0, 0.1) is 5.92 Å². The van der Waals surface area contributed by atoms with Crippen LogP contribution in [-0.2, 0) is 27.2 Å². The van der Waals surface area contributed by atoms with E-state index in [0.29, 0.717) is 12.3 Å². The van der Waals surface area contributed by atoms with Crippen LogP contribution in [0.2, 0.25) is 0 Å². The minimum Gasteiger partial charge on any atom is -0.357 e. The van der Waals surface area contributed by atoms with Gasteiger partial charge in [0.2, 0.25) is 17.7 Å². The third-order valence-corrected chi connectivity index (χ3v) is 6.67. The maximum absolute atomic E-state index is 13.9. The molecular weight excluding hydrogens is 474 g/mol. The molecule has 3 aromatic carbocycles. The predicted octanol–water partition coefficient (Wildman–Crippen LogP) is 4.72. The highest BCUT2D eigenvalue weighted by atomic mass is 16.2. The van der Waals surface area contributed by atoms with Crippen molar-refractivity contribution in [1.29, 1.82) is 0 Å². The summed E-state index contributed by atoms with van der Waals surface area (Å²) in [4.78, 5) is 39.9. The van der Waals surface area contributed by atoms with E-state index >= 15 is 0 Å². The molecule has 0 spiro atoms. The van der Waals surface area contributed by atoms with Gasteiger partial charge >= 0.3 is 0 Å². The smallest absolute Gasteiger partial charge is 0.246 e. The average molecular weight is 514 g/mol. The van der Waals surface area contributed by atoms with Crippen molar-refractivity contribution in [2.45, 2.75) is 58.0 Å². The fraction of sp³-hybridized carbons (Fsp3) is 0.344. The molecule has 200 valence electrons. The molecule has 0 saturated carbocycles. The first-order valence-corrected chi connectivity index (χ1v) is 13.1. The molecular formula is C32H39N3O3. The zero-order chi connectivity index (χ0) is 27.8. The molecule has 0 unspecified atom stereocenters. The molecule has 0 aliphatic carbocycles. The van der Waals surface area contributed by atoms with Gasteiger partial charge in [-0.05, 0) is 54.2 Å². The van der Waals surface area contributed by atoms with Gasteiger partial charge in [-0.25, -0.2) is 0 Å². The number of carbonyl (C=O) groups is 3. The summed E-state index contributed by atoms with van der Waals surface area (Å²) in [6.07, 6.45) is 4.61. The van der Waals surface area contributed by atoms with Gasteiger partial charge in [0.1, 0.15) is 11.1 Å². The van der Waals surface area contributed by atoms with Crippen LogP contribution in [0.15, 0.2) is 84.9 Å². The molecule has 0 radical (unpaired) electrons. The topological polar surface area (TPSA) is 87.3 Å². The summed E-state index contributed by atoms with van der Waals surface area (Å²) in [6.45, 7) is 7.56. The molecule has 38 heavy (non-hydrogen) atoms. The summed E-state index contributed by atoms with van der Waals surface area (Å²) in [5, 5.41) is 10.7. The molecule has 0 aliphatic rings. The minimum absolute atomic E-state index is 0.253. The third-order valence-electron chi connectivity index (χ3n) is 6.67. The Balaban J connectivity index is 1.93. The highest BCUT2D eigenvalue weighted by Gasteiger charge is 2.42. The summed E-state index contributed by atoms with van der Waals surface area (Å²) >= 11 is 0. The molecule has 0 saturated heterocycles. The van der Waals surface area contributed by atoms with Crippen LogP contribution in [0.4, 0.5) is 0 Å². The Bertz CT molecular complexity index is 1300. The van der Waals surface area contributed by atoms with Gasteiger partial charge in [-0.2, -0.15) is 0 Å². The lowest BCUT2D eigenvalue weighted by Crippen LogP contribution is -2.66. The van der Waals surface area contributed by atoms with Gasteiger partial charge in [0.05, 0.1) is 0 Å². The van der Waals surface area contributed by atoms with Gasteiger partial charge in [-0.3, -0.25) is 14.4 Å². The number of benzene rings is 3. The average Bonchev–Trinajstić information content (AvgIpc) is 2.88. The molecule has 2 atom stereocenters. The maximum atomic E-state index is 13.9. The number of likely N-dealkylation sites (N-methyl/N-ethyl adjacent to an activating group) is 1. The van der Waals surface area contributed by atoms with E-state index < -0.39 is 17.0 Å². The molecule has 3 N–H and O–H groups in total. The highest BCUT2D eigenvalue weighted by molar-refractivity contribution is 5.98. The van der Waals surface area contributed by atoms with Crippen LogP contribution in [0.1, 0.15) is 45.2 Å². The molecule has 0 aliphatic heterocycles. The largest absolute Gasteiger partial charge is 0.357 e. The number of amides is 3. The lowest BCUT2D eigenvalue weighted by atomic mass is 9.86. The lowest BCUT2D eigenvalue weighted by Gasteiger charge is -2.36. The SMILES string of the molecule is CNC(=O)[C@@](C)(Cc1ccccc1)NC(=O)[C@@](C)(Cc1ccc2ccccc2c1)NC(=O)C=CCC(C)C. The van der Waals surface area contributed by atoms with Gasteiger partial charge in [-0.1, -0.05) is 92.7 Å². The number of fused-ring (bicyclic) bond motifs is 1. The Morgan fingerprint density at radius 2 is 1.37 bits per heavy atom. The predicted molar refractivity (Wildman–Crippen MR) is 154 cm³/mol. The summed E-state index contributed by atoms with van der Waals surface area (Å²) in [6, 6.07) is 23.6. The van der Waals surface area contributed by atoms with Crippen molar-refractivity contribution in [3.05, 3.63) is 96.1 Å². The molecule has 3 amide bonds. The Hall–Kier alpha value is -3.93. The van der Waals surface area contributed by atoms with Crippen LogP contribution < -0.4 is 16.0 Å². The van der Waals surface area contributed by atoms with Gasteiger partial charge in [0.15, 0.2) is 0 Å². The standard InChI is InChI=1S/C32H39N3O3/c1-23(2)12-11-17-28(36)34-32(4,22-25-18-19-26-15-9-10-16-27(26)20-25)30(38)35-31(3,29(37)33-5)21-24-13-7-6-8-14-24/h6-11,13-20,23H,12,21-22H2,1-5H3,(H,33,37)(H,34,36)(H,35,38)/t31-,32-/m1/s1. The molecule has 0 heterocycles. The van der Waals surface area contributed by atoms with E-state index in [0.717, 1.165) is 28.3 Å². The lowest BCUT2D eigenvalue weighted by molar-refractivity contribution is -0.137. The molecule has 3 rings (SSSR count). The van der Waals surface area contributed by atoms with E-state index in [9.17, 15) is 14.4 Å². The second-order valence-electron chi connectivity index (χ2n) is 10.7. The molecule has 6 heteroatoms. The normalized spacial score (nSPS) is 14.6. The number of hydrogen-bond donors (Lipinski definition) is 3. The number of hydrogen-bond acceptors (Lipinski definition) is 3. The quantitative estimate of drug-likeness (QED) is 0.324. The van der Waals surface area contributed by atoms with Crippen molar-refractivity contribution in [3.8, 4) is 0 Å². The van der Waals surface area contributed by atoms with Gasteiger partial charge in [-0.15, -0.1) is 0 Å². The van der Waals surface area contributed by atoms with Crippen molar-refractivity contribution < 1.29 is 14.4 Å². The summed E-state index contributed by atoms with van der Waals surface area (Å²) in [5.41, 5.74) is -0.725. The van der Waals surface area contributed by atoms with Gasteiger partial charge in [0.25, 0.3) is 0 Å². The first-order valence-electron chi connectivity index (χ1n) is 13.1. The summed E-state index contributed by atoms with van der Waals surface area (Å²) in [5.74, 6) is -0.685. The Kier molecular flexibility index (Phi) is 9.45. The molecule has 0 bridgehead atoms. The first kappa shape index (κ1) is 28.6. The van der Waals surface area contributed by atoms with Crippen LogP contribution in [0.5, 0.6) is 0 Å². The number of allylic oxidation sites excluding steroid dienone is 1. The van der Waals surface area contributed by atoms with E-state index in [-0.39, 0.29) is 18.2 Å². The highest BCUT2D eigenvalue weighted by Crippen LogP contribution is 2.22. The van der Waals surface area contributed by atoms with Crippen molar-refractivity contribution >= 4 is 28.5 Å². The fourth-order valence-electron chi connectivity index (χ4n) is 4.55. The maximum Gasteiger partial charge on any atom is 0.246 e. The second kappa shape index (κ2) is 12.5. The summed E-state index contributed by atoms with van der Waals surface area (Å²) < 4.78 is 0. The molecule has 0 aromatic heterocycles. The number of carbonyl (C=O) groups excluding carboxylic acids is 3. The Morgan fingerprint density at radius 3 is 2.03 bits per heavy atom. The van der Waals surface area contributed by atoms with E-state index in [1.807, 2.05) is 78.9 Å². The van der Waals surface area contributed by atoms with Gasteiger partial charge in [0, 0.05) is 19.9 Å². The van der Waals surface area contributed by atoms with E-state index in [4.69, 9.17) is 0 Å². The first-order chi connectivity index (χ1) is 18.0. The van der Waals surface area contributed by atoms with Crippen LogP contribution >= 0.6 is 0 Å². The van der Waals surface area contributed by atoms with E-state index in [1.54, 1.807) is 20.9 Å². The number of rotatable bonds is 11. The van der Waals surface area contributed by atoms with Crippen LogP contribution in [0.25, 0.3) is 10.8 Å². The monoisotopic (exact) mass is 513 g/mol. The summed E-state index contributed by atoms with van der Waals surface area (Å²) in [7, 11) is 1.55. The number of nitrogens with one attached hydrogen (secondary N) is 3. The van der Waals surface area contributed by atoms with Crippen molar-refractivity contribution in [2.24, 2.45) is 5.92 Å². The molecule has 6 nitrogen and oxygen atoms in total.